The maximum absolute atomic E-state index is 8.95. The molecule has 0 aliphatic carbocycles. The molecule has 0 amide bonds. The minimum absolute atomic E-state index is 0.147. The number of nitrogens with one attached hydrogen (secondary N) is 1. The molecule has 0 aromatic heterocycles. The number of hydrogen-bond acceptors (Lipinski definition) is 3. The topological polar surface area (TPSA) is 41.5 Å². The molecular weight excluding hydrogens is 294 g/mol. The van der Waals surface area contributed by atoms with Crippen LogP contribution in [0.4, 0.5) is 0 Å². The van der Waals surface area contributed by atoms with Gasteiger partial charge in [-0.15, -0.1) is 0 Å². The lowest BCUT2D eigenvalue weighted by Crippen LogP contribution is -2.21. The van der Waals surface area contributed by atoms with Gasteiger partial charge >= 0.3 is 0 Å². The summed E-state index contributed by atoms with van der Waals surface area (Å²) in [6.45, 7) is 7.73. The summed E-state index contributed by atoms with van der Waals surface area (Å²) in [6, 6.07) is 6.56. The highest BCUT2D eigenvalue weighted by Gasteiger charge is 2.06. The third-order valence-corrected chi connectivity index (χ3v) is 3.17. The van der Waals surface area contributed by atoms with Gasteiger partial charge in [-0.05, 0) is 33.6 Å². The molecule has 1 aromatic rings. The number of rotatable bonds is 7. The van der Waals surface area contributed by atoms with Crippen molar-refractivity contribution in [3.8, 4) is 5.75 Å². The van der Waals surface area contributed by atoms with Crippen molar-refractivity contribution >= 4 is 15.9 Å². The Kier molecular flexibility index (Phi) is 6.68. The molecule has 0 saturated carbocycles. The van der Waals surface area contributed by atoms with Gasteiger partial charge in [-0.1, -0.05) is 26.8 Å². The van der Waals surface area contributed by atoms with Gasteiger partial charge in [-0.3, -0.25) is 0 Å². The molecule has 0 fully saturated rings. The smallest absolute Gasteiger partial charge is 0.133 e. The molecule has 18 heavy (non-hydrogen) atoms. The van der Waals surface area contributed by atoms with Crippen molar-refractivity contribution in [1.82, 2.24) is 5.32 Å². The second-order valence-corrected chi connectivity index (χ2v) is 5.75. The van der Waals surface area contributed by atoms with Gasteiger partial charge in [0.2, 0.25) is 0 Å². The van der Waals surface area contributed by atoms with Crippen molar-refractivity contribution in [2.45, 2.75) is 33.4 Å². The van der Waals surface area contributed by atoms with Gasteiger partial charge in [0.1, 0.15) is 5.75 Å². The van der Waals surface area contributed by atoms with Crippen molar-refractivity contribution in [2.75, 3.05) is 13.2 Å². The second-order valence-electron chi connectivity index (χ2n) is 4.90. The van der Waals surface area contributed by atoms with Crippen LogP contribution in [0.25, 0.3) is 0 Å². The van der Waals surface area contributed by atoms with Gasteiger partial charge in [0, 0.05) is 25.1 Å². The largest absolute Gasteiger partial charge is 0.492 e. The van der Waals surface area contributed by atoms with Crippen LogP contribution in [0.3, 0.4) is 0 Å². The van der Waals surface area contributed by atoms with Crippen LogP contribution in [-0.2, 0) is 6.54 Å². The fourth-order valence-corrected chi connectivity index (χ4v) is 1.92. The molecule has 0 aliphatic heterocycles. The zero-order valence-corrected chi connectivity index (χ0v) is 12.8. The number of hydrogen-bond donors (Lipinski definition) is 2. The highest BCUT2D eigenvalue weighted by Crippen LogP contribution is 2.26. The highest BCUT2D eigenvalue weighted by molar-refractivity contribution is 9.10. The summed E-state index contributed by atoms with van der Waals surface area (Å²) in [5.74, 6) is 0.975. The Balaban J connectivity index is 2.56. The minimum Gasteiger partial charge on any atom is -0.492 e. The van der Waals surface area contributed by atoms with Gasteiger partial charge in [-0.2, -0.15) is 0 Å². The van der Waals surface area contributed by atoms with E-state index in [1.54, 1.807) is 0 Å². The average molecular weight is 316 g/mol. The Morgan fingerprint density at radius 1 is 1.33 bits per heavy atom. The van der Waals surface area contributed by atoms with E-state index in [2.05, 4.69) is 47.2 Å². The van der Waals surface area contributed by atoms with E-state index in [0.717, 1.165) is 16.8 Å². The van der Waals surface area contributed by atoms with Crippen LogP contribution in [-0.4, -0.2) is 24.4 Å². The lowest BCUT2D eigenvalue weighted by Gasteiger charge is -2.13. The fraction of sp³-hybridized carbons (Fsp3) is 0.571. The number of ether oxygens (including phenoxy) is 1. The fourth-order valence-electron chi connectivity index (χ4n) is 1.38. The van der Waals surface area contributed by atoms with E-state index in [1.165, 1.54) is 5.56 Å². The van der Waals surface area contributed by atoms with Crippen LogP contribution in [0.1, 0.15) is 26.3 Å². The highest BCUT2D eigenvalue weighted by atomic mass is 79.9. The van der Waals surface area contributed by atoms with E-state index in [-0.39, 0.29) is 12.5 Å². The van der Waals surface area contributed by atoms with Crippen LogP contribution < -0.4 is 10.1 Å². The molecule has 4 heteroatoms. The zero-order valence-electron chi connectivity index (χ0n) is 11.2. The Morgan fingerprint density at radius 3 is 2.61 bits per heavy atom. The van der Waals surface area contributed by atoms with Crippen LogP contribution >= 0.6 is 15.9 Å². The summed E-state index contributed by atoms with van der Waals surface area (Å²) >= 11 is 3.51. The molecule has 1 aromatic carbocycles. The molecule has 1 rings (SSSR count). The van der Waals surface area contributed by atoms with Gasteiger partial charge in [0.05, 0.1) is 11.1 Å². The average Bonchev–Trinajstić information content (AvgIpc) is 2.34. The van der Waals surface area contributed by atoms with Crippen LogP contribution in [0.2, 0.25) is 0 Å². The summed E-state index contributed by atoms with van der Waals surface area (Å²) in [6.07, 6.45) is 0. The monoisotopic (exact) mass is 315 g/mol. The maximum Gasteiger partial charge on any atom is 0.133 e. The number of halogens is 1. The molecular formula is C14H22BrNO2. The van der Waals surface area contributed by atoms with Crippen molar-refractivity contribution in [2.24, 2.45) is 5.92 Å². The molecule has 1 unspecified atom stereocenters. The summed E-state index contributed by atoms with van der Waals surface area (Å²) in [4.78, 5) is 0. The van der Waals surface area contributed by atoms with E-state index in [0.29, 0.717) is 12.6 Å². The molecule has 0 heterocycles. The third-order valence-electron chi connectivity index (χ3n) is 2.55. The second kappa shape index (κ2) is 7.77. The van der Waals surface area contributed by atoms with E-state index >= 15 is 0 Å². The van der Waals surface area contributed by atoms with Gasteiger partial charge < -0.3 is 15.2 Å². The SMILES string of the molecule is CC(CO)COc1ccc(CNC(C)C)cc1Br. The molecule has 3 nitrogen and oxygen atoms in total. The minimum atomic E-state index is 0.147. The third kappa shape index (κ3) is 5.38. The van der Waals surface area contributed by atoms with E-state index < -0.39 is 0 Å². The Hall–Kier alpha value is -0.580. The quantitative estimate of drug-likeness (QED) is 0.813. The summed E-state index contributed by atoms with van der Waals surface area (Å²) in [5, 5.41) is 12.3. The Bertz CT molecular complexity index is 369. The molecule has 2 N–H and O–H groups in total. The van der Waals surface area contributed by atoms with Crippen LogP contribution in [0.5, 0.6) is 5.75 Å². The summed E-state index contributed by atoms with van der Waals surface area (Å²) in [5.41, 5.74) is 1.22. The van der Waals surface area contributed by atoms with Gasteiger partial charge in [0.15, 0.2) is 0 Å². The lowest BCUT2D eigenvalue weighted by molar-refractivity contribution is 0.174. The van der Waals surface area contributed by atoms with Crippen molar-refractivity contribution in [3.63, 3.8) is 0 Å². The molecule has 102 valence electrons. The predicted molar refractivity (Wildman–Crippen MR) is 77.9 cm³/mol. The lowest BCUT2D eigenvalue weighted by atomic mass is 10.2. The van der Waals surface area contributed by atoms with Gasteiger partial charge in [-0.25, -0.2) is 0 Å². The van der Waals surface area contributed by atoms with E-state index in [1.807, 2.05) is 13.0 Å². The zero-order chi connectivity index (χ0) is 13.5. The summed E-state index contributed by atoms with van der Waals surface area (Å²) < 4.78 is 6.60. The molecule has 0 spiro atoms. The molecule has 0 radical (unpaired) electrons. The Labute approximate surface area is 118 Å². The molecule has 1 atom stereocenters. The molecule has 0 saturated heterocycles. The normalized spacial score (nSPS) is 12.8. The maximum atomic E-state index is 8.95. The standard InChI is InChI=1S/C14H22BrNO2/c1-10(2)16-7-12-4-5-14(13(15)6-12)18-9-11(3)8-17/h4-6,10-11,16-17H,7-9H2,1-3H3. The number of aliphatic hydroxyl groups excluding tert-OH is 1. The van der Waals surface area contributed by atoms with Gasteiger partial charge in [0.25, 0.3) is 0 Å². The van der Waals surface area contributed by atoms with E-state index in [9.17, 15) is 0 Å². The van der Waals surface area contributed by atoms with Crippen molar-refractivity contribution < 1.29 is 9.84 Å². The van der Waals surface area contributed by atoms with E-state index in [4.69, 9.17) is 9.84 Å². The van der Waals surface area contributed by atoms with Crippen LogP contribution in [0.15, 0.2) is 22.7 Å². The first-order valence-electron chi connectivity index (χ1n) is 6.28. The number of benzene rings is 1. The number of aliphatic hydroxyl groups is 1. The first-order chi connectivity index (χ1) is 8.52. The first kappa shape index (κ1) is 15.5. The van der Waals surface area contributed by atoms with Crippen molar-refractivity contribution in [1.29, 1.82) is 0 Å². The molecule has 0 aliphatic rings. The van der Waals surface area contributed by atoms with Crippen molar-refractivity contribution in [3.05, 3.63) is 28.2 Å². The van der Waals surface area contributed by atoms with Crippen LogP contribution in [0, 0.1) is 5.92 Å². The Morgan fingerprint density at radius 2 is 2.06 bits per heavy atom. The first-order valence-corrected chi connectivity index (χ1v) is 7.07. The summed E-state index contributed by atoms with van der Waals surface area (Å²) in [7, 11) is 0. The predicted octanol–water partition coefficient (Wildman–Crippen LogP) is 2.95. The molecule has 0 bridgehead atoms.